The van der Waals surface area contributed by atoms with Gasteiger partial charge in [-0.05, 0) is 12.8 Å². The molecule has 3 N–H and O–H groups in total. The summed E-state index contributed by atoms with van der Waals surface area (Å²) in [5, 5.41) is 12.0. The number of rotatable bonds is 5. The summed E-state index contributed by atoms with van der Waals surface area (Å²) in [6.45, 7) is 7.22. The molecule has 0 saturated heterocycles. The topological polar surface area (TPSA) is 70.9 Å². The van der Waals surface area contributed by atoms with Crippen molar-refractivity contribution in [2.75, 3.05) is 18.5 Å². The fraction of sp³-hybridized carbons (Fsp3) is 0.667. The largest absolute Gasteiger partial charge is 0.384 e. The van der Waals surface area contributed by atoms with Crippen molar-refractivity contribution in [3.63, 3.8) is 0 Å². The fourth-order valence-electron chi connectivity index (χ4n) is 2.08. The zero-order valence-electron chi connectivity index (χ0n) is 11.4. The van der Waals surface area contributed by atoms with Crippen LogP contribution in [0.3, 0.4) is 0 Å². The highest BCUT2D eigenvalue weighted by Gasteiger charge is 2.19. The lowest BCUT2D eigenvalue weighted by molar-refractivity contribution is 0.551. The molecule has 1 atom stereocenters. The molecule has 17 heavy (non-hydrogen) atoms. The monoisotopic (exact) mass is 237 g/mol. The van der Waals surface area contributed by atoms with Crippen molar-refractivity contribution in [3.8, 4) is 0 Å². The van der Waals surface area contributed by atoms with Crippen LogP contribution in [0, 0.1) is 18.3 Å². The molecule has 0 spiro atoms. The van der Waals surface area contributed by atoms with Crippen molar-refractivity contribution in [2.45, 2.75) is 27.2 Å². The van der Waals surface area contributed by atoms with Gasteiger partial charge in [-0.3, -0.25) is 10.1 Å². The Morgan fingerprint density at radius 2 is 2.18 bits per heavy atom. The van der Waals surface area contributed by atoms with E-state index in [0.29, 0.717) is 5.92 Å². The molecule has 0 aliphatic carbocycles. The van der Waals surface area contributed by atoms with Crippen LogP contribution >= 0.6 is 0 Å². The number of hydrogen-bond acceptors (Lipinski definition) is 3. The Hall–Kier alpha value is -1.52. The van der Waals surface area contributed by atoms with E-state index in [9.17, 15) is 0 Å². The zero-order chi connectivity index (χ0) is 13.2. The number of nitrogens with one attached hydrogen (secondary N) is 1. The smallest absolute Gasteiger partial charge is 0.137 e. The van der Waals surface area contributed by atoms with Crippen LogP contribution in [0.1, 0.15) is 31.5 Å². The fourth-order valence-corrected chi connectivity index (χ4v) is 2.08. The molecule has 0 amide bonds. The first kappa shape index (κ1) is 13.5. The number of aromatic nitrogens is 2. The lowest BCUT2D eigenvalue weighted by atomic mass is 10.1. The molecule has 0 aliphatic rings. The van der Waals surface area contributed by atoms with Crippen molar-refractivity contribution in [3.05, 3.63) is 11.3 Å². The average Bonchev–Trinajstić information content (AvgIpc) is 2.53. The van der Waals surface area contributed by atoms with Crippen molar-refractivity contribution in [1.82, 2.24) is 9.78 Å². The maximum atomic E-state index is 7.65. The Labute approximate surface area is 103 Å². The highest BCUT2D eigenvalue weighted by atomic mass is 15.4. The third-order valence-electron chi connectivity index (χ3n) is 3.11. The van der Waals surface area contributed by atoms with E-state index in [1.165, 1.54) is 0 Å². The van der Waals surface area contributed by atoms with Crippen molar-refractivity contribution in [2.24, 2.45) is 18.7 Å². The van der Waals surface area contributed by atoms with Gasteiger partial charge >= 0.3 is 0 Å². The molecule has 1 aromatic rings. The van der Waals surface area contributed by atoms with Gasteiger partial charge in [0.2, 0.25) is 0 Å². The maximum Gasteiger partial charge on any atom is 0.137 e. The predicted molar refractivity (Wildman–Crippen MR) is 71.7 cm³/mol. The predicted octanol–water partition coefficient (Wildman–Crippen LogP) is 1.49. The number of hydrogen-bond donors (Lipinski definition) is 2. The van der Waals surface area contributed by atoms with E-state index in [0.717, 1.165) is 30.0 Å². The summed E-state index contributed by atoms with van der Waals surface area (Å²) in [5.74, 6) is 1.62. The number of aryl methyl sites for hydroxylation is 2. The summed E-state index contributed by atoms with van der Waals surface area (Å²) < 4.78 is 1.80. The molecule has 0 fully saturated rings. The molecule has 0 bridgehead atoms. The van der Waals surface area contributed by atoms with E-state index in [2.05, 4.69) is 23.8 Å². The van der Waals surface area contributed by atoms with E-state index in [4.69, 9.17) is 11.1 Å². The van der Waals surface area contributed by atoms with Crippen molar-refractivity contribution >= 4 is 11.7 Å². The maximum absolute atomic E-state index is 7.65. The molecule has 1 aromatic heterocycles. The summed E-state index contributed by atoms with van der Waals surface area (Å²) >= 11 is 0. The second kappa shape index (κ2) is 5.21. The van der Waals surface area contributed by atoms with Crippen LogP contribution < -0.4 is 10.6 Å². The molecule has 5 heteroatoms. The number of nitrogens with two attached hydrogens (primary N) is 1. The Bertz CT molecular complexity index is 407. The molecule has 1 rings (SSSR count). The average molecular weight is 237 g/mol. The van der Waals surface area contributed by atoms with Gasteiger partial charge in [-0.15, -0.1) is 0 Å². The molecule has 5 nitrogen and oxygen atoms in total. The molecule has 0 aliphatic heterocycles. The minimum absolute atomic E-state index is 0.0848. The van der Waals surface area contributed by atoms with E-state index < -0.39 is 0 Å². The molecular formula is C12H23N5. The van der Waals surface area contributed by atoms with Crippen LogP contribution in [0.4, 0.5) is 5.82 Å². The van der Waals surface area contributed by atoms with Crippen molar-refractivity contribution in [1.29, 1.82) is 5.41 Å². The summed E-state index contributed by atoms with van der Waals surface area (Å²) in [5.41, 5.74) is 7.19. The van der Waals surface area contributed by atoms with Gasteiger partial charge in [-0.25, -0.2) is 0 Å². The van der Waals surface area contributed by atoms with Gasteiger partial charge in [-0.2, -0.15) is 5.10 Å². The van der Waals surface area contributed by atoms with Gasteiger partial charge in [0.1, 0.15) is 11.7 Å². The Kier molecular flexibility index (Phi) is 4.15. The lowest BCUT2D eigenvalue weighted by Gasteiger charge is -2.23. The van der Waals surface area contributed by atoms with Gasteiger partial charge in [0, 0.05) is 20.6 Å². The van der Waals surface area contributed by atoms with Crippen LogP contribution in [-0.4, -0.2) is 29.2 Å². The Morgan fingerprint density at radius 3 is 2.65 bits per heavy atom. The summed E-state index contributed by atoms with van der Waals surface area (Å²) in [4.78, 5) is 2.13. The first-order chi connectivity index (χ1) is 7.88. The van der Waals surface area contributed by atoms with Crippen LogP contribution in [0.2, 0.25) is 0 Å². The lowest BCUT2D eigenvalue weighted by Crippen LogP contribution is -2.28. The highest BCUT2D eigenvalue weighted by Crippen LogP contribution is 2.22. The van der Waals surface area contributed by atoms with Crippen LogP contribution in [0.25, 0.3) is 0 Å². The van der Waals surface area contributed by atoms with E-state index in [1.54, 1.807) is 4.68 Å². The van der Waals surface area contributed by atoms with Crippen molar-refractivity contribution < 1.29 is 0 Å². The van der Waals surface area contributed by atoms with E-state index in [-0.39, 0.29) is 5.84 Å². The molecule has 0 aromatic carbocycles. The van der Waals surface area contributed by atoms with Crippen LogP contribution in [0.5, 0.6) is 0 Å². The number of anilines is 1. The van der Waals surface area contributed by atoms with Crippen LogP contribution in [-0.2, 0) is 7.05 Å². The standard InChI is InChI=1S/C12H23N5/c1-6-8(2)7-16(4)12-10(11(13)14)9(3)15-17(12)5/h8H,6-7H2,1-5H3,(H3,13,14). The molecule has 1 heterocycles. The SMILES string of the molecule is CCC(C)CN(C)c1c(C(=N)N)c(C)nn1C. The summed E-state index contributed by atoms with van der Waals surface area (Å²) in [7, 11) is 3.91. The number of amidine groups is 1. The van der Waals surface area contributed by atoms with E-state index in [1.807, 2.05) is 21.0 Å². The van der Waals surface area contributed by atoms with Gasteiger partial charge in [0.15, 0.2) is 0 Å². The highest BCUT2D eigenvalue weighted by molar-refractivity contribution is 6.00. The van der Waals surface area contributed by atoms with Crippen LogP contribution in [0.15, 0.2) is 0 Å². The number of nitrogens with zero attached hydrogens (tertiary/aromatic N) is 3. The molecule has 0 radical (unpaired) electrons. The van der Waals surface area contributed by atoms with Gasteiger partial charge in [0.05, 0.1) is 11.3 Å². The third-order valence-corrected chi connectivity index (χ3v) is 3.11. The minimum Gasteiger partial charge on any atom is -0.384 e. The molecular weight excluding hydrogens is 214 g/mol. The van der Waals surface area contributed by atoms with Gasteiger partial charge < -0.3 is 10.6 Å². The summed E-state index contributed by atoms with van der Waals surface area (Å²) in [6, 6.07) is 0. The molecule has 96 valence electrons. The summed E-state index contributed by atoms with van der Waals surface area (Å²) in [6.07, 6.45) is 1.14. The number of nitrogen functional groups attached to an aromatic ring is 1. The second-order valence-corrected chi connectivity index (χ2v) is 4.72. The molecule has 1 unspecified atom stereocenters. The molecule has 0 saturated carbocycles. The minimum atomic E-state index is 0.0848. The first-order valence-corrected chi connectivity index (χ1v) is 5.97. The first-order valence-electron chi connectivity index (χ1n) is 5.97. The quantitative estimate of drug-likeness (QED) is 0.602. The van der Waals surface area contributed by atoms with Gasteiger partial charge in [-0.1, -0.05) is 20.3 Å². The normalized spacial score (nSPS) is 12.5. The Balaban J connectivity index is 3.08. The van der Waals surface area contributed by atoms with Gasteiger partial charge in [0.25, 0.3) is 0 Å². The van der Waals surface area contributed by atoms with E-state index >= 15 is 0 Å². The zero-order valence-corrected chi connectivity index (χ0v) is 11.4. The second-order valence-electron chi connectivity index (χ2n) is 4.72. The Morgan fingerprint density at radius 1 is 1.59 bits per heavy atom. The third kappa shape index (κ3) is 2.78.